The minimum absolute atomic E-state index is 0. The number of carbonyl (C=O) groups is 2. The Hall–Kier alpha value is 0.120. The molecule has 0 unspecified atom stereocenters. The van der Waals surface area contributed by atoms with Gasteiger partial charge in [0.15, 0.2) is 0 Å². The van der Waals surface area contributed by atoms with Crippen LogP contribution in [0.5, 0.6) is 0 Å². The van der Waals surface area contributed by atoms with E-state index in [9.17, 15) is 19.8 Å². The third kappa shape index (κ3) is 112. The largest absolute Gasteiger partial charge is 2.00 e. The second-order valence-electron chi connectivity index (χ2n) is 37.0. The number of carbonyl (C=O) groups excluding carboxylic acids is 2. The van der Waals surface area contributed by atoms with Crippen molar-refractivity contribution in [1.82, 2.24) is 9.80 Å². The number of hydrogen-bond acceptors (Lipinski definition) is 6. The second-order valence-corrected chi connectivity index (χ2v) is 37.0. The molecule has 0 atom stereocenters. The summed E-state index contributed by atoms with van der Waals surface area (Å²) in [6.07, 6.45) is 130. The van der Waals surface area contributed by atoms with E-state index in [-0.39, 0.29) is 50.6 Å². The first-order chi connectivity index (χ1) is 55.4. The zero-order valence-electron chi connectivity index (χ0n) is 78.9. The minimum atomic E-state index is -0.893. The van der Waals surface area contributed by atoms with Gasteiger partial charge in [0.2, 0.25) is 0 Å². The second kappa shape index (κ2) is 110. The Labute approximate surface area is 744 Å². The Morgan fingerprint density at radius 3 is 0.310 bits per heavy atom. The zero-order valence-corrected chi connectivity index (χ0v) is 81.2. The molecule has 6 nitrogen and oxygen atoms in total. The average molecular weight is 1620 g/mol. The summed E-state index contributed by atoms with van der Waals surface area (Å²) in [5.74, 6) is -1.79. The molecule has 0 aliphatic rings. The van der Waals surface area contributed by atoms with Crippen molar-refractivity contribution in [2.24, 2.45) is 0 Å². The molecule has 0 saturated heterocycles. The predicted molar refractivity (Wildman–Crippen MR) is 505 cm³/mol. The van der Waals surface area contributed by atoms with E-state index in [0.717, 1.165) is 38.8 Å². The van der Waals surface area contributed by atoms with Gasteiger partial charge in [-0.2, -0.15) is 0 Å². The smallest absolute Gasteiger partial charge is 0.550 e. The Morgan fingerprint density at radius 1 is 0.142 bits per heavy atom. The normalized spacial score (nSPS) is 11.6. The van der Waals surface area contributed by atoms with Gasteiger partial charge in [-0.3, -0.25) is 0 Å². The van der Waals surface area contributed by atoms with E-state index in [0.29, 0.717) is 0 Å². The molecular formula is C106H212CaN2O4. The van der Waals surface area contributed by atoms with Gasteiger partial charge in [0, 0.05) is 11.9 Å². The number of aliphatic carboxylic acids is 2. The van der Waals surface area contributed by atoms with E-state index in [1.54, 1.807) is 0 Å². The molecule has 0 aliphatic carbocycles. The topological polar surface area (TPSA) is 86.7 Å². The van der Waals surface area contributed by atoms with Gasteiger partial charge in [0.05, 0.1) is 0 Å². The average Bonchev–Trinajstić information content (AvgIpc) is 1.03. The van der Waals surface area contributed by atoms with Crippen LogP contribution >= 0.6 is 0 Å². The van der Waals surface area contributed by atoms with Crippen molar-refractivity contribution in [3.63, 3.8) is 0 Å². The van der Waals surface area contributed by atoms with Crippen LogP contribution in [0.15, 0.2) is 0 Å². The van der Waals surface area contributed by atoms with Crippen LogP contribution in [0.25, 0.3) is 0 Å². The summed E-state index contributed by atoms with van der Waals surface area (Å²) in [6, 6.07) is 0. The molecular weight excluding hydrogens is 1410 g/mol. The van der Waals surface area contributed by atoms with Crippen LogP contribution in [-0.2, 0) is 9.59 Å². The summed E-state index contributed by atoms with van der Waals surface area (Å²) >= 11 is 0. The van der Waals surface area contributed by atoms with Crippen molar-refractivity contribution >= 4 is 49.7 Å². The standard InChI is InChI=1S/2C53H107NO2.Ca/c2*1-3-5-7-9-11-13-15-17-19-21-23-25-27-29-31-33-35-37-39-41-43-46-50-54(52-48-45-49-53(55)56)51-47-44-42-40-38-36-34-32-30-28-26-24-22-20-18-16-14-12-10-8-6-4-2;/h2*3-52H2,1-2H3,(H,55,56);/q;;+2/p-2. The Bertz CT molecular complexity index is 1450. The first-order valence-electron chi connectivity index (χ1n) is 53.2. The fraction of sp³-hybridized carbons (Fsp3) is 0.981. The Kier molecular flexibility index (Phi) is 114. The van der Waals surface area contributed by atoms with Crippen molar-refractivity contribution in [1.29, 1.82) is 0 Å². The van der Waals surface area contributed by atoms with E-state index in [2.05, 4.69) is 37.5 Å². The van der Waals surface area contributed by atoms with Crippen LogP contribution < -0.4 is 10.2 Å². The number of hydrogen-bond donors (Lipinski definition) is 0. The number of unbranched alkanes of at least 4 members (excludes halogenated alkanes) is 86. The summed E-state index contributed by atoms with van der Waals surface area (Å²) in [5, 5.41) is 21.8. The van der Waals surface area contributed by atoms with Gasteiger partial charge >= 0.3 is 37.7 Å². The van der Waals surface area contributed by atoms with Crippen molar-refractivity contribution < 1.29 is 19.8 Å². The van der Waals surface area contributed by atoms with Gasteiger partial charge in [-0.25, -0.2) is 0 Å². The van der Waals surface area contributed by atoms with Gasteiger partial charge in [0.1, 0.15) is 0 Å². The molecule has 0 heterocycles. The molecule has 0 radical (unpaired) electrons. The Morgan fingerprint density at radius 2 is 0.221 bits per heavy atom. The van der Waals surface area contributed by atoms with Crippen LogP contribution in [0, 0.1) is 0 Å². The first-order valence-corrected chi connectivity index (χ1v) is 53.2. The van der Waals surface area contributed by atoms with Crippen molar-refractivity contribution in [2.45, 2.75) is 631 Å². The van der Waals surface area contributed by atoms with Crippen LogP contribution in [0.3, 0.4) is 0 Å². The summed E-state index contributed by atoms with van der Waals surface area (Å²) in [7, 11) is 0. The number of carboxylic acid groups (broad SMARTS) is 2. The SMILES string of the molecule is CCCCCCCCCCCCCCCCCCCCCCCCN(CCCCCCCCCCCCCCCCCCCCCCCC)CCCCC(=O)[O-].CCCCCCCCCCCCCCCCCCCCCCCCN(CCCCCCCCCCCCCCCCCCCCCCCC)CCCCC(=O)[O-].[Ca+2]. The third-order valence-electron chi connectivity index (χ3n) is 25.5. The molecule has 0 aromatic carbocycles. The number of nitrogens with zero attached hydrogens (tertiary/aromatic N) is 2. The number of rotatable bonds is 102. The molecule has 0 aromatic rings. The molecule has 7 heteroatoms. The third-order valence-corrected chi connectivity index (χ3v) is 25.5. The monoisotopic (exact) mass is 1620 g/mol. The molecule has 0 spiro atoms. The molecule has 0 aliphatic heterocycles. The summed E-state index contributed by atoms with van der Waals surface area (Å²) in [4.78, 5) is 27.0. The molecule has 0 bridgehead atoms. The van der Waals surface area contributed by atoms with Crippen LogP contribution in [0.4, 0.5) is 0 Å². The summed E-state index contributed by atoms with van der Waals surface area (Å²) < 4.78 is 0. The van der Waals surface area contributed by atoms with E-state index in [4.69, 9.17) is 0 Å². The van der Waals surface area contributed by atoms with Gasteiger partial charge in [-0.15, -0.1) is 0 Å². The fourth-order valence-electron chi connectivity index (χ4n) is 17.7. The number of carboxylic acids is 2. The van der Waals surface area contributed by atoms with E-state index in [1.165, 1.54) is 591 Å². The minimum Gasteiger partial charge on any atom is -0.550 e. The molecule has 113 heavy (non-hydrogen) atoms. The molecule has 0 aromatic heterocycles. The van der Waals surface area contributed by atoms with Gasteiger partial charge in [0.25, 0.3) is 0 Å². The molecule has 0 amide bonds. The van der Waals surface area contributed by atoms with Crippen molar-refractivity contribution in [3.05, 3.63) is 0 Å². The predicted octanol–water partition coefficient (Wildman–Crippen LogP) is 34.4. The maximum Gasteiger partial charge on any atom is 2.00 e. The van der Waals surface area contributed by atoms with Crippen molar-refractivity contribution in [2.75, 3.05) is 39.3 Å². The first kappa shape index (κ1) is 117. The Balaban J connectivity index is -0.00000212. The maximum absolute atomic E-state index is 10.9. The van der Waals surface area contributed by atoms with Gasteiger partial charge in [-0.05, 0) is 103 Å². The van der Waals surface area contributed by atoms with Gasteiger partial charge in [-0.1, -0.05) is 567 Å². The zero-order chi connectivity index (χ0) is 81.0. The van der Waals surface area contributed by atoms with Crippen LogP contribution in [0.2, 0.25) is 0 Å². The van der Waals surface area contributed by atoms with Crippen LogP contribution in [-0.4, -0.2) is 98.7 Å². The molecule has 672 valence electrons. The summed E-state index contributed by atoms with van der Waals surface area (Å²) in [5.41, 5.74) is 0. The van der Waals surface area contributed by atoms with Gasteiger partial charge < -0.3 is 29.6 Å². The van der Waals surface area contributed by atoms with Crippen LogP contribution in [0.1, 0.15) is 631 Å². The quantitative estimate of drug-likeness (QED) is 0.0445. The van der Waals surface area contributed by atoms with E-state index >= 15 is 0 Å². The molecule has 0 rings (SSSR count). The molecule has 0 saturated carbocycles. The summed E-state index contributed by atoms with van der Waals surface area (Å²) in [6.45, 7) is 16.1. The molecule has 0 fully saturated rings. The van der Waals surface area contributed by atoms with E-state index < -0.39 is 11.9 Å². The molecule has 0 N–H and O–H groups in total. The van der Waals surface area contributed by atoms with Crippen molar-refractivity contribution in [3.8, 4) is 0 Å². The maximum atomic E-state index is 10.9. The van der Waals surface area contributed by atoms with E-state index in [1.807, 2.05) is 0 Å². The fourth-order valence-corrected chi connectivity index (χ4v) is 17.7.